The first kappa shape index (κ1) is 13.1. The standard InChI is InChI=1S/C15H18N2O2S/c1-2-10-3-6-20-15(10)9-17-12-8-14-13(7-11(12)16)18-4-5-19-14/h3,6-8,17H,2,4-5,9,16H2,1H3. The fourth-order valence-corrected chi connectivity index (χ4v) is 3.19. The van der Waals surface area contributed by atoms with E-state index in [0.717, 1.165) is 30.2 Å². The Labute approximate surface area is 122 Å². The van der Waals surface area contributed by atoms with Crippen molar-refractivity contribution in [2.75, 3.05) is 24.3 Å². The number of nitrogens with one attached hydrogen (secondary N) is 1. The van der Waals surface area contributed by atoms with E-state index >= 15 is 0 Å². The number of benzene rings is 1. The number of thiophene rings is 1. The van der Waals surface area contributed by atoms with Crippen molar-refractivity contribution in [3.8, 4) is 11.5 Å². The summed E-state index contributed by atoms with van der Waals surface area (Å²) in [7, 11) is 0. The van der Waals surface area contributed by atoms with Gasteiger partial charge in [-0.2, -0.15) is 0 Å². The van der Waals surface area contributed by atoms with Crippen LogP contribution in [0.4, 0.5) is 11.4 Å². The Bertz CT molecular complexity index is 610. The van der Waals surface area contributed by atoms with Gasteiger partial charge in [0.2, 0.25) is 0 Å². The first-order chi connectivity index (χ1) is 9.78. The molecule has 0 saturated heterocycles. The monoisotopic (exact) mass is 290 g/mol. The molecule has 0 amide bonds. The largest absolute Gasteiger partial charge is 0.486 e. The normalized spacial score (nSPS) is 13.2. The van der Waals surface area contributed by atoms with Gasteiger partial charge >= 0.3 is 0 Å². The topological polar surface area (TPSA) is 56.5 Å². The minimum absolute atomic E-state index is 0.578. The highest BCUT2D eigenvalue weighted by Gasteiger charge is 2.14. The maximum absolute atomic E-state index is 6.06. The summed E-state index contributed by atoms with van der Waals surface area (Å²) < 4.78 is 11.1. The van der Waals surface area contributed by atoms with Crippen molar-refractivity contribution in [1.29, 1.82) is 0 Å². The van der Waals surface area contributed by atoms with Crippen molar-refractivity contribution in [3.63, 3.8) is 0 Å². The maximum Gasteiger partial charge on any atom is 0.163 e. The van der Waals surface area contributed by atoms with Crippen LogP contribution >= 0.6 is 11.3 Å². The third kappa shape index (κ3) is 2.54. The van der Waals surface area contributed by atoms with E-state index in [1.54, 1.807) is 11.3 Å². The predicted octanol–water partition coefficient (Wildman–Crippen LogP) is 3.28. The van der Waals surface area contributed by atoms with Gasteiger partial charge in [-0.15, -0.1) is 11.3 Å². The number of hydrogen-bond acceptors (Lipinski definition) is 5. The zero-order valence-electron chi connectivity index (χ0n) is 11.4. The second kappa shape index (κ2) is 5.63. The molecule has 20 heavy (non-hydrogen) atoms. The molecule has 3 rings (SSSR count). The lowest BCUT2D eigenvalue weighted by Gasteiger charge is -2.20. The molecule has 106 valence electrons. The van der Waals surface area contributed by atoms with Crippen LogP contribution in [0, 0.1) is 0 Å². The minimum atomic E-state index is 0.578. The summed E-state index contributed by atoms with van der Waals surface area (Å²) in [5.74, 6) is 1.49. The summed E-state index contributed by atoms with van der Waals surface area (Å²) in [6, 6.07) is 5.92. The molecule has 0 saturated carbocycles. The van der Waals surface area contributed by atoms with E-state index in [2.05, 4.69) is 23.7 Å². The van der Waals surface area contributed by atoms with Gasteiger partial charge in [0.15, 0.2) is 11.5 Å². The number of rotatable bonds is 4. The van der Waals surface area contributed by atoms with Gasteiger partial charge in [0, 0.05) is 23.6 Å². The number of fused-ring (bicyclic) bond motifs is 1. The number of nitrogens with two attached hydrogens (primary N) is 1. The van der Waals surface area contributed by atoms with Gasteiger partial charge in [-0.05, 0) is 23.4 Å². The molecule has 3 N–H and O–H groups in total. The number of nitrogen functional groups attached to an aromatic ring is 1. The molecule has 0 atom stereocenters. The van der Waals surface area contributed by atoms with Crippen LogP contribution in [0.2, 0.25) is 0 Å². The lowest BCUT2D eigenvalue weighted by molar-refractivity contribution is 0.172. The van der Waals surface area contributed by atoms with Crippen molar-refractivity contribution in [1.82, 2.24) is 0 Å². The Morgan fingerprint density at radius 1 is 1.25 bits per heavy atom. The fourth-order valence-electron chi connectivity index (χ4n) is 2.27. The summed E-state index contributed by atoms with van der Waals surface area (Å²) >= 11 is 1.77. The molecule has 0 aliphatic carbocycles. The third-order valence-corrected chi connectivity index (χ3v) is 4.34. The van der Waals surface area contributed by atoms with Crippen LogP contribution in [0.3, 0.4) is 0 Å². The number of aryl methyl sites for hydroxylation is 1. The molecule has 2 heterocycles. The van der Waals surface area contributed by atoms with Gasteiger partial charge in [-0.1, -0.05) is 6.92 Å². The molecule has 0 radical (unpaired) electrons. The molecule has 4 nitrogen and oxygen atoms in total. The molecule has 1 aromatic heterocycles. The predicted molar refractivity (Wildman–Crippen MR) is 82.9 cm³/mol. The van der Waals surface area contributed by atoms with Crippen LogP contribution in [0.25, 0.3) is 0 Å². The molecule has 0 spiro atoms. The molecule has 1 aromatic carbocycles. The Balaban J connectivity index is 1.77. The summed E-state index contributed by atoms with van der Waals surface area (Å²) in [6.07, 6.45) is 1.05. The fraction of sp³-hybridized carbons (Fsp3) is 0.333. The second-order valence-corrected chi connectivity index (χ2v) is 5.66. The highest BCUT2D eigenvalue weighted by atomic mass is 32.1. The summed E-state index contributed by atoms with van der Waals surface area (Å²) in [5.41, 5.74) is 9.02. The second-order valence-electron chi connectivity index (χ2n) is 4.66. The van der Waals surface area contributed by atoms with Crippen molar-refractivity contribution >= 4 is 22.7 Å². The van der Waals surface area contributed by atoms with Crippen molar-refractivity contribution < 1.29 is 9.47 Å². The summed E-state index contributed by atoms with van der Waals surface area (Å²) in [5, 5.41) is 5.52. The molecular formula is C15H18N2O2S. The van der Waals surface area contributed by atoms with Crippen LogP contribution in [-0.2, 0) is 13.0 Å². The van der Waals surface area contributed by atoms with E-state index in [4.69, 9.17) is 15.2 Å². The van der Waals surface area contributed by atoms with E-state index < -0.39 is 0 Å². The first-order valence-electron chi connectivity index (χ1n) is 6.76. The minimum Gasteiger partial charge on any atom is -0.486 e. The molecule has 0 unspecified atom stereocenters. The Hall–Kier alpha value is -1.88. The van der Waals surface area contributed by atoms with Gasteiger partial charge < -0.3 is 20.5 Å². The van der Waals surface area contributed by atoms with Gasteiger partial charge in [-0.3, -0.25) is 0 Å². The number of hydrogen-bond donors (Lipinski definition) is 2. The van der Waals surface area contributed by atoms with Crippen molar-refractivity contribution in [3.05, 3.63) is 34.0 Å². The van der Waals surface area contributed by atoms with Crippen LogP contribution in [0.5, 0.6) is 11.5 Å². The van der Waals surface area contributed by atoms with E-state index in [-0.39, 0.29) is 0 Å². The molecular weight excluding hydrogens is 272 g/mol. The van der Waals surface area contributed by atoms with Gasteiger partial charge in [-0.25, -0.2) is 0 Å². The van der Waals surface area contributed by atoms with Crippen LogP contribution in [0.1, 0.15) is 17.4 Å². The Morgan fingerprint density at radius 2 is 2.00 bits per heavy atom. The first-order valence-corrected chi connectivity index (χ1v) is 7.64. The summed E-state index contributed by atoms with van der Waals surface area (Å²) in [6.45, 7) is 4.12. The average molecular weight is 290 g/mol. The van der Waals surface area contributed by atoms with Crippen LogP contribution < -0.4 is 20.5 Å². The lowest BCUT2D eigenvalue weighted by atomic mass is 10.2. The number of ether oxygens (including phenoxy) is 2. The molecule has 2 aromatic rings. The average Bonchev–Trinajstić information content (AvgIpc) is 2.92. The van der Waals surface area contributed by atoms with E-state index in [1.165, 1.54) is 10.4 Å². The Kier molecular flexibility index (Phi) is 3.69. The van der Waals surface area contributed by atoms with E-state index in [9.17, 15) is 0 Å². The molecule has 5 heteroatoms. The van der Waals surface area contributed by atoms with Crippen LogP contribution in [0.15, 0.2) is 23.6 Å². The van der Waals surface area contributed by atoms with Gasteiger partial charge in [0.1, 0.15) is 13.2 Å². The molecule has 0 bridgehead atoms. The smallest absolute Gasteiger partial charge is 0.163 e. The zero-order valence-corrected chi connectivity index (χ0v) is 12.3. The lowest BCUT2D eigenvalue weighted by Crippen LogP contribution is -2.16. The van der Waals surface area contributed by atoms with Crippen LogP contribution in [-0.4, -0.2) is 13.2 Å². The van der Waals surface area contributed by atoms with E-state index in [1.807, 2.05) is 12.1 Å². The summed E-state index contributed by atoms with van der Waals surface area (Å²) in [4.78, 5) is 1.35. The van der Waals surface area contributed by atoms with Crippen molar-refractivity contribution in [2.24, 2.45) is 0 Å². The molecule has 1 aliphatic heterocycles. The highest BCUT2D eigenvalue weighted by molar-refractivity contribution is 7.10. The zero-order chi connectivity index (χ0) is 13.9. The number of anilines is 2. The molecule has 0 fully saturated rings. The maximum atomic E-state index is 6.06. The van der Waals surface area contributed by atoms with Crippen molar-refractivity contribution in [2.45, 2.75) is 19.9 Å². The Morgan fingerprint density at radius 3 is 2.75 bits per heavy atom. The van der Waals surface area contributed by atoms with Gasteiger partial charge in [0.25, 0.3) is 0 Å². The molecule has 1 aliphatic rings. The van der Waals surface area contributed by atoms with Gasteiger partial charge in [0.05, 0.1) is 11.4 Å². The third-order valence-electron chi connectivity index (χ3n) is 3.37. The quantitative estimate of drug-likeness (QED) is 0.849. The van der Waals surface area contributed by atoms with E-state index in [0.29, 0.717) is 18.9 Å². The highest BCUT2D eigenvalue weighted by Crippen LogP contribution is 2.37. The SMILES string of the molecule is CCc1ccsc1CNc1cc2c(cc1N)OCCO2.